The SMILES string of the molecule is Cc1cnc(-c2cccnc2)c2ccccc12. The van der Waals surface area contributed by atoms with Crippen molar-refractivity contribution in [1.29, 1.82) is 0 Å². The molecule has 0 aliphatic carbocycles. The van der Waals surface area contributed by atoms with Crippen molar-refractivity contribution in [3.63, 3.8) is 0 Å². The Morgan fingerprint density at radius 1 is 0.882 bits per heavy atom. The van der Waals surface area contributed by atoms with E-state index in [2.05, 4.69) is 35.1 Å². The monoisotopic (exact) mass is 220 g/mol. The summed E-state index contributed by atoms with van der Waals surface area (Å²) in [6, 6.07) is 12.3. The van der Waals surface area contributed by atoms with E-state index in [4.69, 9.17) is 0 Å². The van der Waals surface area contributed by atoms with Gasteiger partial charge in [0.05, 0.1) is 5.69 Å². The van der Waals surface area contributed by atoms with Crippen LogP contribution in [0, 0.1) is 6.92 Å². The second kappa shape index (κ2) is 3.98. The number of pyridine rings is 2. The fourth-order valence-corrected chi connectivity index (χ4v) is 2.07. The van der Waals surface area contributed by atoms with E-state index in [1.54, 1.807) is 6.20 Å². The second-order valence-electron chi connectivity index (χ2n) is 4.08. The Hall–Kier alpha value is -2.22. The Morgan fingerprint density at radius 3 is 2.47 bits per heavy atom. The smallest absolute Gasteiger partial charge is 0.0795 e. The highest BCUT2D eigenvalue weighted by molar-refractivity contribution is 5.96. The van der Waals surface area contributed by atoms with Crippen molar-refractivity contribution in [2.75, 3.05) is 0 Å². The number of benzene rings is 1. The number of aryl methyl sites for hydroxylation is 1. The first-order valence-electron chi connectivity index (χ1n) is 5.61. The number of aromatic nitrogens is 2. The zero-order valence-corrected chi connectivity index (χ0v) is 9.59. The summed E-state index contributed by atoms with van der Waals surface area (Å²) in [4.78, 5) is 8.69. The molecule has 0 aliphatic heterocycles. The standard InChI is InChI=1S/C15H12N2/c1-11-9-17-15(12-5-4-8-16-10-12)14-7-3-2-6-13(11)14/h2-10H,1H3. The summed E-state index contributed by atoms with van der Waals surface area (Å²) in [5.41, 5.74) is 3.26. The largest absolute Gasteiger partial charge is 0.264 e. The molecule has 0 aliphatic rings. The predicted molar refractivity (Wildman–Crippen MR) is 69.7 cm³/mol. The van der Waals surface area contributed by atoms with Crippen LogP contribution in [0.3, 0.4) is 0 Å². The van der Waals surface area contributed by atoms with Gasteiger partial charge in [0.15, 0.2) is 0 Å². The maximum absolute atomic E-state index is 4.54. The molecule has 0 unspecified atom stereocenters. The van der Waals surface area contributed by atoms with Gasteiger partial charge in [0.25, 0.3) is 0 Å². The predicted octanol–water partition coefficient (Wildman–Crippen LogP) is 3.61. The Balaban J connectivity index is 2.35. The molecule has 0 atom stereocenters. The van der Waals surface area contributed by atoms with Crippen LogP contribution < -0.4 is 0 Å². The summed E-state index contributed by atoms with van der Waals surface area (Å²) in [6.07, 6.45) is 5.55. The molecule has 2 nitrogen and oxygen atoms in total. The number of hydrogen-bond acceptors (Lipinski definition) is 2. The number of rotatable bonds is 1. The van der Waals surface area contributed by atoms with E-state index < -0.39 is 0 Å². The lowest BCUT2D eigenvalue weighted by molar-refractivity contribution is 1.27. The molecule has 0 N–H and O–H groups in total. The molecule has 82 valence electrons. The quantitative estimate of drug-likeness (QED) is 0.626. The van der Waals surface area contributed by atoms with Crippen molar-refractivity contribution >= 4 is 10.8 Å². The summed E-state index contributed by atoms with van der Waals surface area (Å²) >= 11 is 0. The van der Waals surface area contributed by atoms with E-state index in [1.165, 1.54) is 16.3 Å². The van der Waals surface area contributed by atoms with Crippen LogP contribution in [0.25, 0.3) is 22.0 Å². The first-order valence-corrected chi connectivity index (χ1v) is 5.61. The molecule has 0 bridgehead atoms. The van der Waals surface area contributed by atoms with Gasteiger partial charge < -0.3 is 0 Å². The van der Waals surface area contributed by atoms with Gasteiger partial charge in [-0.25, -0.2) is 0 Å². The zero-order chi connectivity index (χ0) is 11.7. The fraction of sp³-hybridized carbons (Fsp3) is 0.0667. The lowest BCUT2D eigenvalue weighted by atomic mass is 10.0. The highest BCUT2D eigenvalue weighted by Crippen LogP contribution is 2.27. The molecule has 2 aromatic heterocycles. The minimum absolute atomic E-state index is 0.999. The minimum atomic E-state index is 0.999. The van der Waals surface area contributed by atoms with Crippen LogP contribution in [-0.2, 0) is 0 Å². The van der Waals surface area contributed by atoms with Crippen LogP contribution in [0.1, 0.15) is 5.56 Å². The summed E-state index contributed by atoms with van der Waals surface area (Å²) in [5, 5.41) is 2.43. The molecular formula is C15H12N2. The van der Waals surface area contributed by atoms with Crippen LogP contribution in [0.15, 0.2) is 55.0 Å². The minimum Gasteiger partial charge on any atom is -0.264 e. The van der Waals surface area contributed by atoms with E-state index >= 15 is 0 Å². The average molecular weight is 220 g/mol. The van der Waals surface area contributed by atoms with Crippen LogP contribution in [0.2, 0.25) is 0 Å². The van der Waals surface area contributed by atoms with Crippen molar-refractivity contribution < 1.29 is 0 Å². The van der Waals surface area contributed by atoms with Gasteiger partial charge in [-0.05, 0) is 30.0 Å². The third kappa shape index (κ3) is 1.68. The third-order valence-corrected chi connectivity index (χ3v) is 2.93. The van der Waals surface area contributed by atoms with E-state index in [-0.39, 0.29) is 0 Å². The van der Waals surface area contributed by atoms with Gasteiger partial charge in [-0.2, -0.15) is 0 Å². The summed E-state index contributed by atoms with van der Waals surface area (Å²) in [5.74, 6) is 0. The molecule has 0 saturated carbocycles. The first kappa shape index (κ1) is 9.97. The maximum Gasteiger partial charge on any atom is 0.0795 e. The van der Waals surface area contributed by atoms with Gasteiger partial charge in [0, 0.05) is 29.5 Å². The van der Waals surface area contributed by atoms with E-state index in [0.717, 1.165) is 11.3 Å². The molecule has 2 heteroatoms. The van der Waals surface area contributed by atoms with Crippen LogP contribution >= 0.6 is 0 Å². The van der Waals surface area contributed by atoms with E-state index in [9.17, 15) is 0 Å². The van der Waals surface area contributed by atoms with Gasteiger partial charge in [-0.1, -0.05) is 24.3 Å². The van der Waals surface area contributed by atoms with Crippen molar-refractivity contribution in [3.8, 4) is 11.3 Å². The Labute approximate surface area is 100.0 Å². The number of fused-ring (bicyclic) bond motifs is 1. The van der Waals surface area contributed by atoms with Crippen molar-refractivity contribution in [2.24, 2.45) is 0 Å². The summed E-state index contributed by atoms with van der Waals surface area (Å²) in [7, 11) is 0. The lowest BCUT2D eigenvalue weighted by Gasteiger charge is -2.07. The summed E-state index contributed by atoms with van der Waals surface area (Å²) < 4.78 is 0. The highest BCUT2D eigenvalue weighted by atomic mass is 14.7. The van der Waals surface area contributed by atoms with Crippen molar-refractivity contribution in [3.05, 3.63) is 60.6 Å². The first-order chi connectivity index (χ1) is 8.36. The average Bonchev–Trinajstić information content (AvgIpc) is 2.41. The molecule has 0 spiro atoms. The van der Waals surface area contributed by atoms with Crippen LogP contribution in [0.5, 0.6) is 0 Å². The van der Waals surface area contributed by atoms with E-state index in [1.807, 2.05) is 30.6 Å². The fourth-order valence-electron chi connectivity index (χ4n) is 2.07. The van der Waals surface area contributed by atoms with Crippen LogP contribution in [-0.4, -0.2) is 9.97 Å². The van der Waals surface area contributed by atoms with E-state index in [0.29, 0.717) is 0 Å². The molecule has 2 heterocycles. The van der Waals surface area contributed by atoms with Crippen molar-refractivity contribution in [2.45, 2.75) is 6.92 Å². The zero-order valence-electron chi connectivity index (χ0n) is 9.59. The number of hydrogen-bond donors (Lipinski definition) is 0. The molecular weight excluding hydrogens is 208 g/mol. The molecule has 3 rings (SSSR count). The molecule has 1 aromatic carbocycles. The van der Waals surface area contributed by atoms with Gasteiger partial charge in [-0.3, -0.25) is 9.97 Å². The molecule has 0 amide bonds. The van der Waals surface area contributed by atoms with Gasteiger partial charge in [-0.15, -0.1) is 0 Å². The molecule has 17 heavy (non-hydrogen) atoms. The van der Waals surface area contributed by atoms with Crippen molar-refractivity contribution in [1.82, 2.24) is 9.97 Å². The molecule has 0 radical (unpaired) electrons. The Kier molecular flexibility index (Phi) is 2.33. The Morgan fingerprint density at radius 2 is 1.71 bits per heavy atom. The normalized spacial score (nSPS) is 10.6. The van der Waals surface area contributed by atoms with Gasteiger partial charge in [0.1, 0.15) is 0 Å². The third-order valence-electron chi connectivity index (χ3n) is 2.93. The number of nitrogens with zero attached hydrogens (tertiary/aromatic N) is 2. The molecule has 3 aromatic rings. The highest BCUT2D eigenvalue weighted by Gasteiger charge is 2.06. The summed E-state index contributed by atoms with van der Waals surface area (Å²) in [6.45, 7) is 2.09. The maximum atomic E-state index is 4.54. The second-order valence-corrected chi connectivity index (χ2v) is 4.08. The lowest BCUT2D eigenvalue weighted by Crippen LogP contribution is -1.89. The van der Waals surface area contributed by atoms with Gasteiger partial charge in [0.2, 0.25) is 0 Å². The van der Waals surface area contributed by atoms with Crippen LogP contribution in [0.4, 0.5) is 0 Å². The molecule has 0 saturated heterocycles. The Bertz CT molecular complexity index is 660. The van der Waals surface area contributed by atoms with Gasteiger partial charge >= 0.3 is 0 Å². The molecule has 0 fully saturated rings. The topological polar surface area (TPSA) is 25.8 Å².